The molecule has 5 rings (SSSR count). The fourth-order valence-corrected chi connectivity index (χ4v) is 3.75. The molecule has 0 fully saturated rings. The molecular weight excluding hydrogens is 419 g/mol. The predicted molar refractivity (Wildman–Crippen MR) is 118 cm³/mol. The number of nitrogens with one attached hydrogen (secondary N) is 2. The Bertz CT molecular complexity index is 1480. The van der Waals surface area contributed by atoms with Crippen molar-refractivity contribution < 1.29 is 4.39 Å². The molecule has 0 aliphatic carbocycles. The van der Waals surface area contributed by atoms with Gasteiger partial charge in [-0.15, -0.1) is 0 Å². The zero-order valence-corrected chi connectivity index (χ0v) is 17.1. The van der Waals surface area contributed by atoms with E-state index in [0.29, 0.717) is 44.2 Å². The van der Waals surface area contributed by atoms with Crippen LogP contribution in [0.2, 0.25) is 5.02 Å². The van der Waals surface area contributed by atoms with E-state index in [4.69, 9.17) is 11.6 Å². The molecule has 3 aromatic heterocycles. The second kappa shape index (κ2) is 7.48. The van der Waals surface area contributed by atoms with Crippen LogP contribution in [-0.4, -0.2) is 24.5 Å². The number of benzene rings is 2. The van der Waals surface area contributed by atoms with E-state index in [2.05, 4.69) is 25.3 Å². The van der Waals surface area contributed by atoms with E-state index >= 15 is 0 Å². The van der Waals surface area contributed by atoms with Crippen LogP contribution in [0.3, 0.4) is 0 Å². The first-order valence-corrected chi connectivity index (χ1v) is 9.91. The molecule has 0 bridgehead atoms. The summed E-state index contributed by atoms with van der Waals surface area (Å²) in [5.74, 6) is 0.0705. The number of aromatic amines is 1. The van der Waals surface area contributed by atoms with Crippen molar-refractivity contribution >= 4 is 39.4 Å². The summed E-state index contributed by atoms with van der Waals surface area (Å²) in [4.78, 5) is 29.1. The van der Waals surface area contributed by atoms with Crippen LogP contribution in [-0.2, 0) is 0 Å². The minimum absolute atomic E-state index is 0.294. The van der Waals surface area contributed by atoms with Crippen molar-refractivity contribution in [3.63, 3.8) is 0 Å². The summed E-state index contributed by atoms with van der Waals surface area (Å²) >= 11 is 6.04. The van der Waals surface area contributed by atoms with Crippen molar-refractivity contribution in [2.75, 3.05) is 5.32 Å². The summed E-state index contributed by atoms with van der Waals surface area (Å²) in [6.07, 6.45) is 2.98. The highest BCUT2D eigenvalue weighted by molar-refractivity contribution is 6.30. The van der Waals surface area contributed by atoms with E-state index in [0.717, 1.165) is 0 Å². The number of H-pyrrole nitrogens is 1. The molecule has 9 heteroatoms. The highest BCUT2D eigenvalue weighted by atomic mass is 35.5. The van der Waals surface area contributed by atoms with Gasteiger partial charge >= 0.3 is 0 Å². The van der Waals surface area contributed by atoms with Crippen molar-refractivity contribution in [3.05, 3.63) is 88.1 Å². The second-order valence-corrected chi connectivity index (χ2v) is 7.54. The number of imidazole rings is 1. The molecular formula is C22H16ClFN6O. The molecule has 5 aromatic rings. The molecule has 2 N–H and O–H groups in total. The maximum absolute atomic E-state index is 13.9. The average Bonchev–Trinajstić information content (AvgIpc) is 3.25. The number of aromatic nitrogens is 5. The molecule has 0 aliphatic heterocycles. The number of rotatable bonds is 4. The van der Waals surface area contributed by atoms with Crippen LogP contribution in [0, 0.1) is 5.82 Å². The molecule has 154 valence electrons. The Kier molecular flexibility index (Phi) is 4.63. The molecule has 7 nitrogen and oxygen atoms in total. The van der Waals surface area contributed by atoms with Crippen LogP contribution in [0.1, 0.15) is 18.7 Å². The van der Waals surface area contributed by atoms with Crippen LogP contribution < -0.4 is 10.9 Å². The Balaban J connectivity index is 1.70. The fraction of sp³-hybridized carbons (Fsp3) is 0.0909. The number of anilines is 1. The first kappa shape index (κ1) is 19.2. The standard InChI is InChI=1S/C22H16ClFN6O/c1-12(29-21-19-20(26-10-25-19)27-11-28-21)18-8-13-2-5-15(24)9-17(13)22(31)30(18)16-6-3-14(23)4-7-16/h2-12H,1H3,(H2,25,26,27,28,29). The quantitative estimate of drug-likeness (QED) is 0.431. The van der Waals surface area contributed by atoms with Crippen LogP contribution in [0.15, 0.2) is 66.0 Å². The normalized spacial score (nSPS) is 12.4. The lowest BCUT2D eigenvalue weighted by Gasteiger charge is -2.21. The third-order valence-electron chi connectivity index (χ3n) is 5.11. The van der Waals surface area contributed by atoms with Crippen molar-refractivity contribution in [1.29, 1.82) is 0 Å². The summed E-state index contributed by atoms with van der Waals surface area (Å²) in [5, 5.41) is 4.81. The zero-order valence-electron chi connectivity index (χ0n) is 16.3. The van der Waals surface area contributed by atoms with Crippen molar-refractivity contribution in [2.45, 2.75) is 13.0 Å². The maximum Gasteiger partial charge on any atom is 0.263 e. The molecule has 0 radical (unpaired) electrons. The minimum atomic E-state index is -0.465. The summed E-state index contributed by atoms with van der Waals surface area (Å²) in [6, 6.07) is 12.6. The smallest absolute Gasteiger partial charge is 0.263 e. The van der Waals surface area contributed by atoms with Crippen molar-refractivity contribution in [1.82, 2.24) is 24.5 Å². The molecule has 2 aromatic carbocycles. The lowest BCUT2D eigenvalue weighted by atomic mass is 10.1. The first-order chi connectivity index (χ1) is 15.0. The molecule has 1 atom stereocenters. The van der Waals surface area contributed by atoms with Crippen molar-refractivity contribution in [2.24, 2.45) is 0 Å². The fourth-order valence-electron chi connectivity index (χ4n) is 3.63. The number of hydrogen-bond acceptors (Lipinski definition) is 5. The third-order valence-corrected chi connectivity index (χ3v) is 5.36. The number of hydrogen-bond donors (Lipinski definition) is 2. The largest absolute Gasteiger partial charge is 0.360 e. The van der Waals surface area contributed by atoms with E-state index in [1.54, 1.807) is 41.2 Å². The van der Waals surface area contributed by atoms with Gasteiger partial charge in [0.1, 0.15) is 17.7 Å². The Hall–Kier alpha value is -3.78. The van der Waals surface area contributed by atoms with E-state index in [1.807, 2.05) is 13.0 Å². The predicted octanol–water partition coefficient (Wildman–Crippen LogP) is 4.62. The van der Waals surface area contributed by atoms with Gasteiger partial charge < -0.3 is 10.3 Å². The van der Waals surface area contributed by atoms with E-state index in [9.17, 15) is 9.18 Å². The van der Waals surface area contributed by atoms with Gasteiger partial charge in [-0.2, -0.15) is 0 Å². The number of fused-ring (bicyclic) bond motifs is 2. The van der Waals surface area contributed by atoms with Gasteiger partial charge in [0.2, 0.25) is 0 Å². The van der Waals surface area contributed by atoms with Gasteiger partial charge in [-0.25, -0.2) is 19.3 Å². The van der Waals surface area contributed by atoms with Gasteiger partial charge in [0, 0.05) is 16.4 Å². The lowest BCUT2D eigenvalue weighted by molar-refractivity contribution is 0.629. The number of halogens is 2. The summed E-state index contributed by atoms with van der Waals surface area (Å²) < 4.78 is 15.4. The molecule has 1 unspecified atom stereocenters. The Labute approximate surface area is 180 Å². The lowest BCUT2D eigenvalue weighted by Crippen LogP contribution is -2.25. The second-order valence-electron chi connectivity index (χ2n) is 7.11. The van der Waals surface area contributed by atoms with E-state index < -0.39 is 5.82 Å². The zero-order chi connectivity index (χ0) is 21.5. The summed E-state index contributed by atoms with van der Waals surface area (Å²) in [5.41, 5.74) is 2.17. The molecule has 0 amide bonds. The molecule has 3 heterocycles. The number of nitrogens with zero attached hydrogens (tertiary/aromatic N) is 4. The Morgan fingerprint density at radius 2 is 1.90 bits per heavy atom. The maximum atomic E-state index is 13.9. The summed E-state index contributed by atoms with van der Waals surface area (Å²) in [6.45, 7) is 1.91. The van der Waals surface area contributed by atoms with Crippen LogP contribution in [0.4, 0.5) is 10.2 Å². The van der Waals surface area contributed by atoms with Crippen LogP contribution in [0.25, 0.3) is 27.6 Å². The summed E-state index contributed by atoms with van der Waals surface area (Å²) in [7, 11) is 0. The molecule has 0 saturated carbocycles. The van der Waals surface area contributed by atoms with Gasteiger partial charge in [0.05, 0.1) is 17.8 Å². The highest BCUT2D eigenvalue weighted by Crippen LogP contribution is 2.26. The SMILES string of the molecule is CC(Nc1ncnc2[nH]cnc12)c1cc2ccc(F)cc2c(=O)n1-c1ccc(Cl)cc1. The minimum Gasteiger partial charge on any atom is -0.360 e. The first-order valence-electron chi connectivity index (χ1n) is 9.53. The Morgan fingerprint density at radius 3 is 2.71 bits per heavy atom. The van der Waals surface area contributed by atoms with E-state index in [1.165, 1.54) is 18.5 Å². The van der Waals surface area contributed by atoms with Gasteiger partial charge in [-0.3, -0.25) is 9.36 Å². The van der Waals surface area contributed by atoms with Crippen molar-refractivity contribution in [3.8, 4) is 5.69 Å². The van der Waals surface area contributed by atoms with Gasteiger partial charge in [-0.1, -0.05) is 17.7 Å². The highest BCUT2D eigenvalue weighted by Gasteiger charge is 2.18. The van der Waals surface area contributed by atoms with Gasteiger partial charge in [0.25, 0.3) is 5.56 Å². The topological polar surface area (TPSA) is 88.5 Å². The monoisotopic (exact) mass is 434 g/mol. The van der Waals surface area contributed by atoms with Crippen LogP contribution in [0.5, 0.6) is 0 Å². The third kappa shape index (κ3) is 3.40. The van der Waals surface area contributed by atoms with Gasteiger partial charge in [-0.05, 0) is 54.8 Å². The Morgan fingerprint density at radius 1 is 1.10 bits per heavy atom. The van der Waals surface area contributed by atoms with E-state index in [-0.39, 0.29) is 11.6 Å². The molecule has 0 aliphatic rings. The molecule has 31 heavy (non-hydrogen) atoms. The average molecular weight is 435 g/mol. The molecule has 0 spiro atoms. The molecule has 0 saturated heterocycles. The van der Waals surface area contributed by atoms with Gasteiger partial charge in [0.15, 0.2) is 11.5 Å². The van der Waals surface area contributed by atoms with Crippen LogP contribution >= 0.6 is 11.6 Å². The number of pyridine rings is 1.